The maximum absolute atomic E-state index is 7.12. The van der Waals surface area contributed by atoms with Crippen LogP contribution in [0, 0.1) is 0 Å². The number of thiophene rings is 1. The van der Waals surface area contributed by atoms with Crippen LogP contribution in [0.15, 0.2) is 300 Å². The molecule has 0 aliphatic heterocycles. The van der Waals surface area contributed by atoms with Gasteiger partial charge >= 0.3 is 0 Å². The molecule has 0 unspecified atom stereocenters. The minimum Gasteiger partial charge on any atom is -0.456 e. The normalized spacial score (nSPS) is 12.1. The fourth-order valence-corrected chi connectivity index (χ4v) is 15.7. The van der Waals surface area contributed by atoms with Crippen molar-refractivity contribution in [3.63, 3.8) is 0 Å². The van der Waals surface area contributed by atoms with Gasteiger partial charge in [0.1, 0.15) is 22.3 Å². The van der Waals surface area contributed by atoms with E-state index >= 15 is 0 Å². The lowest BCUT2D eigenvalue weighted by atomic mass is 9.89. The van der Waals surface area contributed by atoms with E-state index in [9.17, 15) is 0 Å². The third-order valence-corrected chi connectivity index (χ3v) is 19.8. The van der Waals surface area contributed by atoms with Crippen LogP contribution in [0.4, 0.5) is 0 Å². The van der Waals surface area contributed by atoms with Gasteiger partial charge < -0.3 is 8.83 Å². The molecule has 19 aromatic rings. The molecule has 0 saturated carbocycles. The second kappa shape index (κ2) is 18.7. The van der Waals surface area contributed by atoms with E-state index in [-0.39, 0.29) is 0 Å². The predicted octanol–water partition coefficient (Wildman–Crippen LogP) is 24.8. The molecular formula is C84H48O2S. The van der Waals surface area contributed by atoms with Crippen LogP contribution in [0.5, 0.6) is 0 Å². The van der Waals surface area contributed by atoms with Gasteiger partial charge in [-0.05, 0) is 205 Å². The van der Waals surface area contributed by atoms with Crippen molar-refractivity contribution in [1.82, 2.24) is 0 Å². The first-order valence-corrected chi connectivity index (χ1v) is 30.7. The van der Waals surface area contributed by atoms with Crippen molar-refractivity contribution in [2.24, 2.45) is 0 Å². The topological polar surface area (TPSA) is 26.3 Å². The Morgan fingerprint density at radius 1 is 0.184 bits per heavy atom. The molecule has 0 amide bonds. The first kappa shape index (κ1) is 48.3. The van der Waals surface area contributed by atoms with Crippen LogP contribution in [0.2, 0.25) is 0 Å². The molecule has 3 heteroatoms. The number of hydrogen-bond acceptors (Lipinski definition) is 3. The Kier molecular flexibility index (Phi) is 10.4. The highest BCUT2D eigenvalue weighted by Crippen LogP contribution is 2.46. The minimum atomic E-state index is 0.852. The molecule has 0 aliphatic carbocycles. The molecule has 0 aliphatic rings. The van der Waals surface area contributed by atoms with Gasteiger partial charge in [-0.1, -0.05) is 212 Å². The zero-order chi connectivity index (χ0) is 56.8. The summed E-state index contributed by atoms with van der Waals surface area (Å²) in [5, 5.41) is 22.0. The van der Waals surface area contributed by atoms with E-state index in [0.29, 0.717) is 0 Å². The molecule has 0 radical (unpaired) electrons. The summed E-state index contributed by atoms with van der Waals surface area (Å²) >= 11 is 1.88. The molecule has 2 nitrogen and oxygen atoms in total. The van der Waals surface area contributed by atoms with E-state index in [1.807, 2.05) is 23.5 Å². The molecule has 0 fully saturated rings. The summed E-state index contributed by atoms with van der Waals surface area (Å²) in [5.74, 6) is 0. The highest BCUT2D eigenvalue weighted by molar-refractivity contribution is 7.26. The summed E-state index contributed by atoms with van der Waals surface area (Å²) in [6, 6.07) is 107. The van der Waals surface area contributed by atoms with E-state index < -0.39 is 0 Å². The van der Waals surface area contributed by atoms with Crippen LogP contribution in [0.1, 0.15) is 0 Å². The molecule has 0 N–H and O–H groups in total. The van der Waals surface area contributed by atoms with Crippen molar-refractivity contribution in [2.45, 2.75) is 0 Å². The Bertz CT molecular complexity index is 6090. The van der Waals surface area contributed by atoms with E-state index in [0.717, 1.165) is 88.4 Å². The third-order valence-electron chi connectivity index (χ3n) is 18.6. The number of rotatable bonds is 6. The van der Waals surface area contributed by atoms with E-state index in [2.05, 4.69) is 279 Å². The molecule has 402 valence electrons. The second-order valence-corrected chi connectivity index (χ2v) is 24.4. The molecule has 0 atom stereocenters. The monoisotopic (exact) mass is 1120 g/mol. The first-order valence-electron chi connectivity index (χ1n) is 29.8. The third kappa shape index (κ3) is 7.47. The molecule has 0 saturated heterocycles. The van der Waals surface area contributed by atoms with Crippen LogP contribution in [-0.2, 0) is 0 Å². The molecule has 0 bridgehead atoms. The fraction of sp³-hybridized carbons (Fsp3) is 0. The Hall–Kier alpha value is -11.1. The smallest absolute Gasteiger partial charge is 0.143 e. The lowest BCUT2D eigenvalue weighted by Gasteiger charge is -2.14. The number of benzene rings is 16. The summed E-state index contributed by atoms with van der Waals surface area (Å²) in [6.07, 6.45) is 0. The van der Waals surface area contributed by atoms with Gasteiger partial charge in [0.15, 0.2) is 0 Å². The van der Waals surface area contributed by atoms with Gasteiger partial charge in [-0.3, -0.25) is 0 Å². The lowest BCUT2D eigenvalue weighted by Crippen LogP contribution is -1.88. The van der Waals surface area contributed by atoms with Crippen molar-refractivity contribution in [3.05, 3.63) is 291 Å². The fourth-order valence-electron chi connectivity index (χ4n) is 14.5. The maximum atomic E-state index is 7.12. The molecule has 3 aromatic heterocycles. The molecular weight excluding hydrogens is 1070 g/mol. The van der Waals surface area contributed by atoms with Gasteiger partial charge in [-0.2, -0.15) is 0 Å². The summed E-state index contributed by atoms with van der Waals surface area (Å²) in [5.41, 5.74) is 17.3. The van der Waals surface area contributed by atoms with E-state index in [1.54, 1.807) is 0 Å². The van der Waals surface area contributed by atoms with Gasteiger partial charge in [0.2, 0.25) is 0 Å². The number of furan rings is 2. The molecule has 16 aromatic carbocycles. The van der Waals surface area contributed by atoms with Crippen molar-refractivity contribution < 1.29 is 8.83 Å². The summed E-state index contributed by atoms with van der Waals surface area (Å²) in [4.78, 5) is 0. The predicted molar refractivity (Wildman–Crippen MR) is 372 cm³/mol. The maximum Gasteiger partial charge on any atom is 0.143 e. The first-order chi connectivity index (χ1) is 43.1. The van der Waals surface area contributed by atoms with Crippen LogP contribution < -0.4 is 0 Å². The summed E-state index contributed by atoms with van der Waals surface area (Å²) in [6.45, 7) is 0. The zero-order valence-electron chi connectivity index (χ0n) is 46.9. The van der Waals surface area contributed by atoms with Crippen LogP contribution in [0.25, 0.3) is 195 Å². The van der Waals surface area contributed by atoms with Crippen molar-refractivity contribution >= 4 is 140 Å². The van der Waals surface area contributed by atoms with E-state index in [1.165, 1.54) is 107 Å². The summed E-state index contributed by atoms with van der Waals surface area (Å²) < 4.78 is 16.2. The van der Waals surface area contributed by atoms with Crippen LogP contribution >= 0.6 is 11.3 Å². The minimum absolute atomic E-state index is 0.852. The largest absolute Gasteiger partial charge is 0.456 e. The van der Waals surface area contributed by atoms with E-state index in [4.69, 9.17) is 8.83 Å². The number of para-hydroxylation sites is 2. The van der Waals surface area contributed by atoms with Crippen molar-refractivity contribution in [2.75, 3.05) is 0 Å². The number of hydrogen-bond donors (Lipinski definition) is 0. The molecule has 3 heterocycles. The molecule has 0 spiro atoms. The van der Waals surface area contributed by atoms with Crippen molar-refractivity contribution in [1.29, 1.82) is 0 Å². The Balaban J connectivity index is 0.721. The van der Waals surface area contributed by atoms with Crippen LogP contribution in [-0.4, -0.2) is 0 Å². The van der Waals surface area contributed by atoms with Gasteiger partial charge in [0.25, 0.3) is 0 Å². The van der Waals surface area contributed by atoms with Crippen LogP contribution in [0.3, 0.4) is 0 Å². The van der Waals surface area contributed by atoms with Gasteiger partial charge in [0, 0.05) is 47.3 Å². The number of fused-ring (bicyclic) bond motifs is 21. The Labute approximate surface area is 503 Å². The summed E-state index contributed by atoms with van der Waals surface area (Å²) in [7, 11) is 0. The SMILES string of the molecule is c1cc(-c2ccc3c4ccc(-c5cccc6c5oc5cc(-c7cc(-c8ccc9c(c8)oc8ccccc89)cc(-c8ccc9c%10ccccc%10c%10ccccc%10c9c8)c7)ccc56)cc4c4ccccc4c3c2)cc(-c2cccc3c2sc2ccccc23)c1. The van der Waals surface area contributed by atoms with Gasteiger partial charge in [-0.15, -0.1) is 11.3 Å². The Morgan fingerprint density at radius 3 is 1.15 bits per heavy atom. The lowest BCUT2D eigenvalue weighted by molar-refractivity contribution is 0.669. The van der Waals surface area contributed by atoms with Gasteiger partial charge in [-0.25, -0.2) is 0 Å². The Morgan fingerprint density at radius 2 is 0.540 bits per heavy atom. The molecule has 87 heavy (non-hydrogen) atoms. The second-order valence-electron chi connectivity index (χ2n) is 23.4. The molecule has 19 rings (SSSR count). The standard InChI is InChI=1S/C84H48O2S/c1-2-18-63-61(16-1)62-17-3-4-19-64(62)77-45-51(31-36-67(63)77)56-41-57(52-32-38-71-70-22-7-9-28-79(70)85-80(71)47-52)43-58(42-56)53-33-39-72-74-26-12-24-59(83(74)86-81(72)48-53)55-34-37-69-68-35-30-50(44-76(68)65-20-5-6-21-66(65)78(69)46-55)49-14-11-15-54(40-49)60-25-13-27-75-73-23-8-10-29-82(73)87-84(60)75/h1-48H. The zero-order valence-corrected chi connectivity index (χ0v) is 47.8. The average molecular weight is 1120 g/mol. The van der Waals surface area contributed by atoms with Crippen molar-refractivity contribution in [3.8, 4) is 66.8 Å². The van der Waals surface area contributed by atoms with Gasteiger partial charge in [0.05, 0.1) is 0 Å². The average Bonchev–Trinajstić information content (AvgIpc) is 2.69. The highest BCUT2D eigenvalue weighted by Gasteiger charge is 2.20. The highest BCUT2D eigenvalue weighted by atomic mass is 32.1. The quantitative estimate of drug-likeness (QED) is 0.155.